The predicted octanol–water partition coefficient (Wildman–Crippen LogP) is 1.65. The van der Waals surface area contributed by atoms with E-state index >= 15 is 0 Å². The third kappa shape index (κ3) is 3.32. The van der Waals surface area contributed by atoms with Crippen LogP contribution in [0.2, 0.25) is 0 Å². The molecule has 0 N–H and O–H groups in total. The van der Waals surface area contributed by atoms with Crippen molar-refractivity contribution in [2.24, 2.45) is 0 Å². The molecule has 0 radical (unpaired) electrons. The minimum Gasteiger partial charge on any atom is -0.359 e. The second-order valence-corrected chi connectivity index (χ2v) is 6.06. The Morgan fingerprint density at radius 2 is 2.00 bits per heavy atom. The zero-order valence-corrected chi connectivity index (χ0v) is 13.9. The van der Waals surface area contributed by atoms with Gasteiger partial charge in [0.05, 0.1) is 18.8 Å². The van der Waals surface area contributed by atoms with Crippen molar-refractivity contribution in [3.63, 3.8) is 0 Å². The molecule has 1 aliphatic rings. The zero-order chi connectivity index (χ0) is 17.1. The highest BCUT2D eigenvalue weighted by Crippen LogP contribution is 2.20. The Kier molecular flexibility index (Phi) is 4.64. The van der Waals surface area contributed by atoms with Crippen molar-refractivity contribution in [1.82, 2.24) is 15.0 Å². The fourth-order valence-electron chi connectivity index (χ4n) is 2.93. The molecule has 6 nitrogen and oxygen atoms in total. The van der Waals surface area contributed by atoms with Crippen LogP contribution in [0, 0.1) is 0 Å². The summed E-state index contributed by atoms with van der Waals surface area (Å²) in [4.78, 5) is 28.2. The lowest BCUT2D eigenvalue weighted by molar-refractivity contribution is -0.155. The first kappa shape index (κ1) is 16.2. The van der Waals surface area contributed by atoms with E-state index in [4.69, 9.17) is 4.52 Å². The van der Waals surface area contributed by atoms with E-state index in [2.05, 4.69) is 5.16 Å². The number of piperazine rings is 1. The lowest BCUT2D eigenvalue weighted by Crippen LogP contribution is -2.59. The first-order chi connectivity index (χ1) is 11.6. The molecule has 1 atom stereocenters. The number of carbonyl (C=O) groups excluding carboxylic acids is 2. The van der Waals surface area contributed by atoms with E-state index in [0.29, 0.717) is 12.2 Å². The first-order valence-corrected chi connectivity index (χ1v) is 8.11. The molecule has 1 aromatic heterocycles. The number of hydrogen-bond donors (Lipinski definition) is 0. The topological polar surface area (TPSA) is 66.7 Å². The van der Waals surface area contributed by atoms with Crippen LogP contribution in [0.25, 0.3) is 0 Å². The molecule has 126 valence electrons. The summed E-state index contributed by atoms with van der Waals surface area (Å²) in [6, 6.07) is 11.1. The summed E-state index contributed by atoms with van der Waals surface area (Å²) in [6.45, 7) is 2.35. The smallest absolute Gasteiger partial charge is 0.245 e. The maximum absolute atomic E-state index is 12.6. The lowest BCUT2D eigenvalue weighted by atomic mass is 10.0. The van der Waals surface area contributed by atoms with E-state index in [1.54, 1.807) is 11.9 Å². The molecule has 2 amide bonds. The highest BCUT2D eigenvalue weighted by molar-refractivity contribution is 5.94. The normalized spacial score (nSPS) is 18.3. The number of nitrogens with zero attached hydrogens (tertiary/aromatic N) is 3. The van der Waals surface area contributed by atoms with Gasteiger partial charge in [0, 0.05) is 19.5 Å². The molecule has 0 saturated carbocycles. The molecule has 0 bridgehead atoms. The van der Waals surface area contributed by atoms with Crippen LogP contribution in [0.1, 0.15) is 23.9 Å². The number of rotatable bonds is 5. The van der Waals surface area contributed by atoms with Crippen molar-refractivity contribution in [3.8, 4) is 0 Å². The van der Waals surface area contributed by atoms with Gasteiger partial charge in [-0.15, -0.1) is 0 Å². The van der Waals surface area contributed by atoms with Gasteiger partial charge in [0.25, 0.3) is 0 Å². The second-order valence-electron chi connectivity index (χ2n) is 6.06. The molecule has 1 aliphatic heterocycles. The minimum absolute atomic E-state index is 0.0475. The van der Waals surface area contributed by atoms with Crippen molar-refractivity contribution in [2.75, 3.05) is 13.6 Å². The SMILES string of the molecule is CCc1cc(CN2C(=O)CN(C)C(=O)[C@@H]2Cc2ccccc2)on1. The summed E-state index contributed by atoms with van der Waals surface area (Å²) >= 11 is 0. The molecular formula is C18H21N3O3. The summed E-state index contributed by atoms with van der Waals surface area (Å²) in [5.41, 5.74) is 1.87. The monoisotopic (exact) mass is 327 g/mol. The third-order valence-corrected chi connectivity index (χ3v) is 4.30. The highest BCUT2D eigenvalue weighted by Gasteiger charge is 2.38. The van der Waals surface area contributed by atoms with Crippen LogP contribution >= 0.6 is 0 Å². The van der Waals surface area contributed by atoms with Crippen LogP contribution in [0.15, 0.2) is 40.9 Å². The van der Waals surface area contributed by atoms with Gasteiger partial charge in [-0.2, -0.15) is 0 Å². The van der Waals surface area contributed by atoms with Crippen molar-refractivity contribution < 1.29 is 14.1 Å². The Hall–Kier alpha value is -2.63. The maximum atomic E-state index is 12.6. The summed E-state index contributed by atoms with van der Waals surface area (Å²) in [5, 5.41) is 3.96. The van der Waals surface area contributed by atoms with E-state index in [-0.39, 0.29) is 24.9 Å². The number of aryl methyl sites for hydroxylation is 1. The molecule has 0 unspecified atom stereocenters. The Morgan fingerprint density at radius 3 is 2.67 bits per heavy atom. The van der Waals surface area contributed by atoms with E-state index in [1.165, 1.54) is 4.90 Å². The molecule has 6 heteroatoms. The Morgan fingerprint density at radius 1 is 1.25 bits per heavy atom. The van der Waals surface area contributed by atoms with Crippen LogP contribution in [-0.4, -0.2) is 46.4 Å². The Balaban J connectivity index is 1.84. The summed E-state index contributed by atoms with van der Waals surface area (Å²) in [7, 11) is 1.67. The summed E-state index contributed by atoms with van der Waals surface area (Å²) in [6.07, 6.45) is 1.26. The van der Waals surface area contributed by atoms with E-state index in [1.807, 2.05) is 43.3 Å². The molecule has 0 spiro atoms. The van der Waals surface area contributed by atoms with Gasteiger partial charge in [-0.25, -0.2) is 0 Å². The Labute approximate surface area is 141 Å². The fourth-order valence-corrected chi connectivity index (χ4v) is 2.93. The summed E-state index contributed by atoms with van der Waals surface area (Å²) < 4.78 is 5.30. The van der Waals surface area contributed by atoms with E-state index in [0.717, 1.165) is 17.7 Å². The quantitative estimate of drug-likeness (QED) is 0.837. The van der Waals surface area contributed by atoms with Crippen LogP contribution in [0.5, 0.6) is 0 Å². The predicted molar refractivity (Wildman–Crippen MR) is 88.0 cm³/mol. The van der Waals surface area contributed by atoms with Gasteiger partial charge < -0.3 is 14.3 Å². The second kappa shape index (κ2) is 6.86. The molecule has 1 fully saturated rings. The van der Waals surface area contributed by atoms with Crippen molar-refractivity contribution in [2.45, 2.75) is 32.4 Å². The fraction of sp³-hybridized carbons (Fsp3) is 0.389. The molecule has 2 aromatic rings. The molecule has 24 heavy (non-hydrogen) atoms. The average Bonchev–Trinajstić information content (AvgIpc) is 3.04. The number of likely N-dealkylation sites (N-methyl/N-ethyl adjacent to an activating group) is 1. The zero-order valence-electron chi connectivity index (χ0n) is 13.9. The van der Waals surface area contributed by atoms with E-state index < -0.39 is 6.04 Å². The van der Waals surface area contributed by atoms with Gasteiger partial charge in [-0.3, -0.25) is 9.59 Å². The van der Waals surface area contributed by atoms with Gasteiger partial charge in [0.1, 0.15) is 6.04 Å². The highest BCUT2D eigenvalue weighted by atomic mass is 16.5. The average molecular weight is 327 g/mol. The van der Waals surface area contributed by atoms with Gasteiger partial charge in [0.2, 0.25) is 11.8 Å². The Bertz CT molecular complexity index is 726. The number of aromatic nitrogens is 1. The molecular weight excluding hydrogens is 306 g/mol. The molecule has 0 aliphatic carbocycles. The minimum atomic E-state index is -0.520. The van der Waals surface area contributed by atoms with Crippen molar-refractivity contribution in [3.05, 3.63) is 53.4 Å². The third-order valence-electron chi connectivity index (χ3n) is 4.30. The van der Waals surface area contributed by atoms with Crippen LogP contribution in [0.3, 0.4) is 0 Å². The maximum Gasteiger partial charge on any atom is 0.245 e. The van der Waals surface area contributed by atoms with E-state index in [9.17, 15) is 9.59 Å². The van der Waals surface area contributed by atoms with Gasteiger partial charge >= 0.3 is 0 Å². The largest absolute Gasteiger partial charge is 0.359 e. The van der Waals surface area contributed by atoms with Crippen molar-refractivity contribution >= 4 is 11.8 Å². The first-order valence-electron chi connectivity index (χ1n) is 8.11. The molecule has 2 heterocycles. The van der Waals surface area contributed by atoms with Crippen LogP contribution in [-0.2, 0) is 29.0 Å². The van der Waals surface area contributed by atoms with Gasteiger partial charge in [-0.1, -0.05) is 42.4 Å². The van der Waals surface area contributed by atoms with Crippen LogP contribution in [0.4, 0.5) is 0 Å². The number of carbonyl (C=O) groups is 2. The van der Waals surface area contributed by atoms with Crippen LogP contribution < -0.4 is 0 Å². The molecule has 3 rings (SSSR count). The number of hydrogen-bond acceptors (Lipinski definition) is 4. The number of benzene rings is 1. The van der Waals surface area contributed by atoms with Gasteiger partial charge in [-0.05, 0) is 12.0 Å². The standard InChI is InChI=1S/C18H21N3O3/c1-3-14-10-15(24-19-14)11-21-16(9-13-7-5-4-6-8-13)18(23)20(2)12-17(21)22/h4-8,10,16H,3,9,11-12H2,1-2H3/t16-/m0/s1. The lowest BCUT2D eigenvalue weighted by Gasteiger charge is -2.38. The van der Waals surface area contributed by atoms with Crippen molar-refractivity contribution in [1.29, 1.82) is 0 Å². The number of amides is 2. The molecule has 1 saturated heterocycles. The van der Waals surface area contributed by atoms with Gasteiger partial charge in [0.15, 0.2) is 5.76 Å². The molecule has 1 aromatic carbocycles. The summed E-state index contributed by atoms with van der Waals surface area (Å²) in [5.74, 6) is 0.483.